The molecular formula is C16H28O2. The number of carbonyl (C=O) groups excluding carboxylic acids is 1. The average molecular weight is 252 g/mol. The lowest BCUT2D eigenvalue weighted by molar-refractivity contribution is -0.150. The van der Waals surface area contributed by atoms with Crippen molar-refractivity contribution in [2.75, 3.05) is 0 Å². The number of cyclic esters (lactones) is 1. The van der Waals surface area contributed by atoms with E-state index in [1.165, 1.54) is 44.9 Å². The number of unbranched alkanes of at least 4 members (excludes halogenated alkanes) is 7. The van der Waals surface area contributed by atoms with Crippen molar-refractivity contribution in [2.45, 2.75) is 83.7 Å². The van der Waals surface area contributed by atoms with E-state index in [4.69, 9.17) is 4.74 Å². The zero-order chi connectivity index (χ0) is 13.1. The molecule has 0 unspecified atom stereocenters. The quantitative estimate of drug-likeness (QED) is 0.335. The van der Waals surface area contributed by atoms with E-state index in [2.05, 4.69) is 19.1 Å². The summed E-state index contributed by atoms with van der Waals surface area (Å²) in [4.78, 5) is 11.1. The third-order valence-corrected chi connectivity index (χ3v) is 3.48. The molecule has 1 saturated heterocycles. The molecule has 0 radical (unpaired) electrons. The van der Waals surface area contributed by atoms with Gasteiger partial charge in [0.25, 0.3) is 0 Å². The predicted octanol–water partition coefficient (Wildman–Crippen LogP) is 4.78. The van der Waals surface area contributed by atoms with Gasteiger partial charge in [-0.15, -0.1) is 0 Å². The van der Waals surface area contributed by atoms with Gasteiger partial charge in [-0.05, 0) is 31.8 Å². The molecule has 18 heavy (non-hydrogen) atoms. The summed E-state index contributed by atoms with van der Waals surface area (Å²) in [6, 6.07) is 0. The number of ether oxygens (including phenoxy) is 1. The number of esters is 1. The highest BCUT2D eigenvalue weighted by molar-refractivity contribution is 5.70. The van der Waals surface area contributed by atoms with Gasteiger partial charge in [-0.25, -0.2) is 0 Å². The summed E-state index contributed by atoms with van der Waals surface area (Å²) in [6.45, 7) is 2.25. The molecule has 1 atom stereocenters. The van der Waals surface area contributed by atoms with Gasteiger partial charge in [0.15, 0.2) is 0 Å². The first kappa shape index (κ1) is 15.3. The van der Waals surface area contributed by atoms with Gasteiger partial charge in [0, 0.05) is 6.42 Å². The number of hydrogen-bond donors (Lipinski definition) is 0. The van der Waals surface area contributed by atoms with Crippen molar-refractivity contribution in [3.05, 3.63) is 12.2 Å². The first-order valence-electron chi connectivity index (χ1n) is 7.69. The van der Waals surface area contributed by atoms with Crippen molar-refractivity contribution in [1.29, 1.82) is 0 Å². The number of rotatable bonds is 9. The lowest BCUT2D eigenvalue weighted by atomic mass is 10.1. The molecule has 0 aromatic rings. The highest BCUT2D eigenvalue weighted by Crippen LogP contribution is 2.15. The fourth-order valence-electron chi connectivity index (χ4n) is 2.34. The molecule has 2 nitrogen and oxygen atoms in total. The molecule has 1 aliphatic heterocycles. The van der Waals surface area contributed by atoms with Gasteiger partial charge in [0.05, 0.1) is 0 Å². The van der Waals surface area contributed by atoms with Crippen molar-refractivity contribution < 1.29 is 9.53 Å². The summed E-state index contributed by atoms with van der Waals surface area (Å²) >= 11 is 0. The maximum absolute atomic E-state index is 11.1. The van der Waals surface area contributed by atoms with E-state index in [0.29, 0.717) is 6.42 Å². The van der Waals surface area contributed by atoms with Crippen LogP contribution in [0.25, 0.3) is 0 Å². The molecule has 1 rings (SSSR count). The van der Waals surface area contributed by atoms with Crippen molar-refractivity contribution in [2.24, 2.45) is 0 Å². The normalized spacial score (nSPS) is 20.3. The summed E-state index contributed by atoms with van der Waals surface area (Å²) in [7, 11) is 0. The van der Waals surface area contributed by atoms with Crippen LogP contribution < -0.4 is 0 Å². The molecule has 0 amide bonds. The molecule has 0 aromatic heterocycles. The van der Waals surface area contributed by atoms with Gasteiger partial charge in [-0.2, -0.15) is 0 Å². The Morgan fingerprint density at radius 1 is 1.17 bits per heavy atom. The molecule has 104 valence electrons. The third kappa shape index (κ3) is 7.52. The summed E-state index contributed by atoms with van der Waals surface area (Å²) in [5.41, 5.74) is 0. The molecule has 0 aliphatic carbocycles. The van der Waals surface area contributed by atoms with Crippen LogP contribution in [0.2, 0.25) is 0 Å². The lowest BCUT2D eigenvalue weighted by Gasteiger charge is -2.18. The van der Waals surface area contributed by atoms with Gasteiger partial charge in [-0.3, -0.25) is 4.79 Å². The Morgan fingerprint density at radius 3 is 2.61 bits per heavy atom. The number of carbonyl (C=O) groups is 1. The molecule has 2 heteroatoms. The Bertz CT molecular complexity index is 245. The fourth-order valence-corrected chi connectivity index (χ4v) is 2.34. The Labute approximate surface area is 112 Å². The molecule has 1 fully saturated rings. The molecule has 0 bridgehead atoms. The molecule has 0 aromatic carbocycles. The van der Waals surface area contributed by atoms with Crippen LogP contribution in [0.5, 0.6) is 0 Å². The molecular weight excluding hydrogens is 224 g/mol. The predicted molar refractivity (Wildman–Crippen MR) is 75.5 cm³/mol. The number of allylic oxidation sites excluding steroid dienone is 1. The topological polar surface area (TPSA) is 26.3 Å². The van der Waals surface area contributed by atoms with Crippen LogP contribution in [0.1, 0.15) is 77.6 Å². The minimum Gasteiger partial charge on any atom is -0.458 e. The molecule has 1 aliphatic rings. The molecule has 0 saturated carbocycles. The second-order valence-electron chi connectivity index (χ2n) is 5.26. The second-order valence-corrected chi connectivity index (χ2v) is 5.26. The SMILES string of the molecule is CCCCCCCCC/C=C/[C@@H]1CCCC(=O)O1. The van der Waals surface area contributed by atoms with E-state index in [1.807, 2.05) is 0 Å². The van der Waals surface area contributed by atoms with Gasteiger partial charge >= 0.3 is 5.97 Å². The monoisotopic (exact) mass is 252 g/mol. The van der Waals surface area contributed by atoms with E-state index in [-0.39, 0.29) is 12.1 Å². The Kier molecular flexibility index (Phi) is 8.62. The van der Waals surface area contributed by atoms with Crippen molar-refractivity contribution >= 4 is 5.97 Å². The standard InChI is InChI=1S/C16H28O2/c1-2-3-4-5-6-7-8-9-10-12-15-13-11-14-16(17)18-15/h10,12,15H,2-9,11,13-14H2,1H3/b12-10+/t15-/m1/s1. The Balaban J connectivity index is 1.92. The van der Waals surface area contributed by atoms with Gasteiger partial charge in [0.1, 0.15) is 6.10 Å². The average Bonchev–Trinajstić information content (AvgIpc) is 2.37. The minimum atomic E-state index is -0.0353. The van der Waals surface area contributed by atoms with E-state index in [9.17, 15) is 4.79 Å². The fraction of sp³-hybridized carbons (Fsp3) is 0.812. The van der Waals surface area contributed by atoms with Crippen LogP contribution in [-0.4, -0.2) is 12.1 Å². The minimum absolute atomic E-state index is 0.0353. The summed E-state index contributed by atoms with van der Waals surface area (Å²) < 4.78 is 5.23. The summed E-state index contributed by atoms with van der Waals surface area (Å²) in [6.07, 6.45) is 17.5. The van der Waals surface area contributed by atoms with Gasteiger partial charge in [0.2, 0.25) is 0 Å². The second kappa shape index (κ2) is 10.2. The van der Waals surface area contributed by atoms with Crippen molar-refractivity contribution in [3.8, 4) is 0 Å². The number of hydrogen-bond acceptors (Lipinski definition) is 2. The van der Waals surface area contributed by atoms with E-state index < -0.39 is 0 Å². The van der Waals surface area contributed by atoms with E-state index in [1.54, 1.807) is 0 Å². The summed E-state index contributed by atoms with van der Waals surface area (Å²) in [5, 5.41) is 0. The van der Waals surface area contributed by atoms with Crippen LogP contribution in [0.15, 0.2) is 12.2 Å². The lowest BCUT2D eigenvalue weighted by Crippen LogP contribution is -2.21. The maximum atomic E-state index is 11.1. The van der Waals surface area contributed by atoms with Gasteiger partial charge < -0.3 is 4.74 Å². The Hall–Kier alpha value is -0.790. The third-order valence-electron chi connectivity index (χ3n) is 3.48. The smallest absolute Gasteiger partial charge is 0.306 e. The summed E-state index contributed by atoms with van der Waals surface area (Å²) in [5.74, 6) is -0.0353. The molecule has 1 heterocycles. The van der Waals surface area contributed by atoms with Crippen molar-refractivity contribution in [3.63, 3.8) is 0 Å². The highest BCUT2D eigenvalue weighted by atomic mass is 16.5. The van der Waals surface area contributed by atoms with E-state index >= 15 is 0 Å². The van der Waals surface area contributed by atoms with Crippen LogP contribution in [0, 0.1) is 0 Å². The molecule has 0 spiro atoms. The van der Waals surface area contributed by atoms with Gasteiger partial charge in [-0.1, -0.05) is 51.5 Å². The van der Waals surface area contributed by atoms with Crippen LogP contribution in [0.4, 0.5) is 0 Å². The first-order chi connectivity index (χ1) is 8.83. The zero-order valence-electron chi connectivity index (χ0n) is 11.8. The van der Waals surface area contributed by atoms with Crippen molar-refractivity contribution in [1.82, 2.24) is 0 Å². The highest BCUT2D eigenvalue weighted by Gasteiger charge is 2.17. The van der Waals surface area contributed by atoms with E-state index in [0.717, 1.165) is 19.3 Å². The molecule has 0 N–H and O–H groups in total. The largest absolute Gasteiger partial charge is 0.458 e. The zero-order valence-corrected chi connectivity index (χ0v) is 11.8. The first-order valence-corrected chi connectivity index (χ1v) is 7.69. The maximum Gasteiger partial charge on any atom is 0.306 e. The van der Waals surface area contributed by atoms with Crippen LogP contribution in [-0.2, 0) is 9.53 Å². The van der Waals surface area contributed by atoms with Crippen LogP contribution in [0.3, 0.4) is 0 Å². The Morgan fingerprint density at radius 2 is 1.89 bits per heavy atom. The van der Waals surface area contributed by atoms with Crippen LogP contribution >= 0.6 is 0 Å².